The maximum atomic E-state index is 13.1. The van der Waals surface area contributed by atoms with Crippen molar-refractivity contribution < 1.29 is 18.7 Å². The summed E-state index contributed by atoms with van der Waals surface area (Å²) in [5.74, 6) is 0.675. The Kier molecular flexibility index (Phi) is 4.42. The Balaban J connectivity index is 1.48. The lowest BCUT2D eigenvalue weighted by Gasteiger charge is -2.34. The predicted molar refractivity (Wildman–Crippen MR) is 114 cm³/mol. The third kappa shape index (κ3) is 3.00. The van der Waals surface area contributed by atoms with Crippen molar-refractivity contribution in [3.8, 4) is 5.75 Å². The van der Waals surface area contributed by atoms with E-state index in [2.05, 4.69) is 5.32 Å². The van der Waals surface area contributed by atoms with E-state index in [1.807, 2.05) is 44.2 Å². The van der Waals surface area contributed by atoms with Gasteiger partial charge in [-0.1, -0.05) is 24.3 Å². The van der Waals surface area contributed by atoms with E-state index in [9.17, 15) is 9.59 Å². The second-order valence-corrected chi connectivity index (χ2v) is 8.57. The van der Waals surface area contributed by atoms with Gasteiger partial charge in [-0.25, -0.2) is 0 Å². The molecule has 1 fully saturated rings. The molecule has 1 amide bonds. The van der Waals surface area contributed by atoms with Crippen LogP contribution in [0.3, 0.4) is 0 Å². The van der Waals surface area contributed by atoms with E-state index in [0.29, 0.717) is 40.8 Å². The summed E-state index contributed by atoms with van der Waals surface area (Å²) in [4.78, 5) is 26.0. The Bertz CT molecular complexity index is 1170. The molecule has 5 nitrogen and oxygen atoms in total. The van der Waals surface area contributed by atoms with Crippen molar-refractivity contribution in [2.45, 2.75) is 58.1 Å². The molecule has 2 aromatic carbocycles. The first kappa shape index (κ1) is 18.9. The average molecular weight is 403 g/mol. The first-order valence-electron chi connectivity index (χ1n) is 10.6. The molecular weight excluding hydrogens is 378 g/mol. The third-order valence-electron chi connectivity index (χ3n) is 6.57. The van der Waals surface area contributed by atoms with Crippen LogP contribution < -0.4 is 10.1 Å². The summed E-state index contributed by atoms with van der Waals surface area (Å²) in [5.41, 5.74) is 3.63. The fourth-order valence-electron chi connectivity index (χ4n) is 4.91. The first-order chi connectivity index (χ1) is 14.5. The maximum Gasteiger partial charge on any atom is 0.287 e. The number of nitrogens with one attached hydrogen (secondary N) is 1. The minimum atomic E-state index is -0.344. The van der Waals surface area contributed by atoms with Gasteiger partial charge in [0.2, 0.25) is 0 Å². The molecule has 3 aromatic rings. The molecule has 0 unspecified atom stereocenters. The van der Waals surface area contributed by atoms with Gasteiger partial charge in [0, 0.05) is 17.5 Å². The molecule has 1 saturated carbocycles. The van der Waals surface area contributed by atoms with Crippen molar-refractivity contribution in [2.24, 2.45) is 0 Å². The van der Waals surface area contributed by atoms with Crippen LogP contribution in [0.5, 0.6) is 5.75 Å². The molecule has 5 rings (SSSR count). The summed E-state index contributed by atoms with van der Waals surface area (Å²) in [6.07, 6.45) is 4.44. The van der Waals surface area contributed by atoms with Gasteiger partial charge in [-0.3, -0.25) is 9.59 Å². The van der Waals surface area contributed by atoms with Gasteiger partial charge >= 0.3 is 0 Å². The number of furan rings is 1. The van der Waals surface area contributed by atoms with Crippen molar-refractivity contribution >= 4 is 22.7 Å². The van der Waals surface area contributed by atoms with E-state index >= 15 is 0 Å². The second-order valence-electron chi connectivity index (χ2n) is 8.57. The fourth-order valence-corrected chi connectivity index (χ4v) is 4.91. The number of hydrogen-bond donors (Lipinski definition) is 1. The van der Waals surface area contributed by atoms with Crippen LogP contribution in [-0.2, 0) is 6.54 Å². The van der Waals surface area contributed by atoms with Gasteiger partial charge in [0.15, 0.2) is 11.5 Å². The van der Waals surface area contributed by atoms with Crippen LogP contribution in [0, 0.1) is 13.8 Å². The number of hydrogen-bond acceptors (Lipinski definition) is 4. The van der Waals surface area contributed by atoms with Crippen molar-refractivity contribution in [3.63, 3.8) is 0 Å². The number of benzene rings is 2. The van der Waals surface area contributed by atoms with Gasteiger partial charge in [-0.05, 0) is 62.8 Å². The summed E-state index contributed by atoms with van der Waals surface area (Å²) >= 11 is 0. The molecular formula is C25H25NO4. The summed E-state index contributed by atoms with van der Waals surface area (Å²) in [5, 5.41) is 3.64. The first-order valence-corrected chi connectivity index (χ1v) is 10.6. The highest BCUT2D eigenvalue weighted by Crippen LogP contribution is 2.46. The zero-order chi connectivity index (χ0) is 20.9. The molecule has 2 aliphatic rings. The van der Waals surface area contributed by atoms with Gasteiger partial charge in [0.05, 0.1) is 12.0 Å². The Morgan fingerprint density at radius 3 is 2.63 bits per heavy atom. The summed E-state index contributed by atoms with van der Waals surface area (Å²) in [6, 6.07) is 11.6. The van der Waals surface area contributed by atoms with Crippen LogP contribution >= 0.6 is 0 Å². The van der Waals surface area contributed by atoms with Gasteiger partial charge in [-0.15, -0.1) is 0 Å². The molecule has 1 N–H and O–H groups in total. The standard InChI is InChI=1S/C25H25NO4/c1-15-7-3-4-8-17(15)14-26-24(28)23-16(2)21-19(29-23)9-10-20-22(21)18(27)13-25(30-20)11-5-6-12-25/h3-4,7-10H,5-6,11-14H2,1-2H3,(H,26,28). The molecule has 1 aliphatic carbocycles. The maximum absolute atomic E-state index is 13.1. The van der Waals surface area contributed by atoms with Crippen LogP contribution in [0.25, 0.3) is 11.0 Å². The average Bonchev–Trinajstić information content (AvgIpc) is 3.31. The minimum absolute atomic E-state index is 0.0829. The van der Waals surface area contributed by atoms with E-state index in [4.69, 9.17) is 9.15 Å². The molecule has 0 saturated heterocycles. The topological polar surface area (TPSA) is 68.5 Å². The Morgan fingerprint density at radius 2 is 1.87 bits per heavy atom. The number of carbonyl (C=O) groups is 2. The Morgan fingerprint density at radius 1 is 1.10 bits per heavy atom. The molecule has 0 bridgehead atoms. The summed E-state index contributed by atoms with van der Waals surface area (Å²) in [6.45, 7) is 4.27. The number of fused-ring (bicyclic) bond motifs is 3. The highest BCUT2D eigenvalue weighted by Gasteiger charge is 2.43. The number of ether oxygens (including phenoxy) is 1. The van der Waals surface area contributed by atoms with Crippen molar-refractivity contribution in [1.82, 2.24) is 5.32 Å². The number of aryl methyl sites for hydroxylation is 2. The SMILES string of the molecule is Cc1ccccc1CNC(=O)c1oc2ccc3c(c2c1C)C(=O)CC1(CCCC1)O3. The molecule has 2 heterocycles. The molecule has 1 aliphatic heterocycles. The van der Waals surface area contributed by atoms with Crippen LogP contribution in [0.1, 0.15) is 69.7 Å². The van der Waals surface area contributed by atoms with Crippen LogP contribution in [0.15, 0.2) is 40.8 Å². The Labute approximate surface area is 175 Å². The van der Waals surface area contributed by atoms with Gasteiger partial charge < -0.3 is 14.5 Å². The molecule has 1 aromatic heterocycles. The number of rotatable bonds is 3. The fraction of sp³-hybridized carbons (Fsp3) is 0.360. The molecule has 0 radical (unpaired) electrons. The molecule has 30 heavy (non-hydrogen) atoms. The van der Waals surface area contributed by atoms with Gasteiger partial charge in [0.25, 0.3) is 5.91 Å². The van der Waals surface area contributed by atoms with E-state index in [-0.39, 0.29) is 23.1 Å². The minimum Gasteiger partial charge on any atom is -0.486 e. The molecule has 1 spiro atoms. The van der Waals surface area contributed by atoms with E-state index in [1.54, 1.807) is 6.07 Å². The van der Waals surface area contributed by atoms with Gasteiger partial charge in [-0.2, -0.15) is 0 Å². The molecule has 5 heteroatoms. The third-order valence-corrected chi connectivity index (χ3v) is 6.57. The zero-order valence-corrected chi connectivity index (χ0v) is 17.3. The van der Waals surface area contributed by atoms with Crippen LogP contribution in [-0.4, -0.2) is 17.3 Å². The van der Waals surface area contributed by atoms with E-state index in [0.717, 1.165) is 36.8 Å². The molecule has 0 atom stereocenters. The smallest absolute Gasteiger partial charge is 0.287 e. The van der Waals surface area contributed by atoms with Crippen LogP contribution in [0.2, 0.25) is 0 Å². The summed E-state index contributed by atoms with van der Waals surface area (Å²) in [7, 11) is 0. The summed E-state index contributed by atoms with van der Waals surface area (Å²) < 4.78 is 12.2. The Hall–Kier alpha value is -3.08. The van der Waals surface area contributed by atoms with Crippen molar-refractivity contribution in [3.05, 3.63) is 64.4 Å². The number of carbonyl (C=O) groups excluding carboxylic acids is 2. The lowest BCUT2D eigenvalue weighted by atomic mass is 9.87. The van der Waals surface area contributed by atoms with E-state index < -0.39 is 0 Å². The lowest BCUT2D eigenvalue weighted by molar-refractivity contribution is 0.0454. The molecule has 154 valence electrons. The highest BCUT2D eigenvalue weighted by atomic mass is 16.5. The van der Waals surface area contributed by atoms with Crippen molar-refractivity contribution in [1.29, 1.82) is 0 Å². The van der Waals surface area contributed by atoms with Gasteiger partial charge in [0.1, 0.15) is 16.9 Å². The second kappa shape index (κ2) is 7.01. The van der Waals surface area contributed by atoms with Crippen molar-refractivity contribution in [2.75, 3.05) is 0 Å². The van der Waals surface area contributed by atoms with Crippen LogP contribution in [0.4, 0.5) is 0 Å². The quantitative estimate of drug-likeness (QED) is 0.648. The number of Topliss-reactive ketones (excluding diaryl/α,β-unsaturated/α-hetero) is 1. The lowest BCUT2D eigenvalue weighted by Crippen LogP contribution is -2.39. The number of amides is 1. The largest absolute Gasteiger partial charge is 0.486 e. The zero-order valence-electron chi connectivity index (χ0n) is 17.3. The monoisotopic (exact) mass is 403 g/mol. The normalized spacial score (nSPS) is 17.2. The highest BCUT2D eigenvalue weighted by molar-refractivity contribution is 6.13. The predicted octanol–water partition coefficient (Wildman–Crippen LogP) is 5.26. The number of ketones is 1. The van der Waals surface area contributed by atoms with E-state index in [1.165, 1.54) is 0 Å².